The molecule has 0 bridgehead atoms. The fourth-order valence-electron chi connectivity index (χ4n) is 2.60. The lowest BCUT2D eigenvalue weighted by atomic mass is 10.1. The lowest BCUT2D eigenvalue weighted by molar-refractivity contribution is 0.102. The summed E-state index contributed by atoms with van der Waals surface area (Å²) in [7, 11) is 0. The summed E-state index contributed by atoms with van der Waals surface area (Å²) in [5.74, 6) is 0.769. The zero-order valence-corrected chi connectivity index (χ0v) is 14.2. The Hall–Kier alpha value is -3.87. The lowest BCUT2D eigenvalue weighted by Crippen LogP contribution is -2.13. The predicted molar refractivity (Wildman–Crippen MR) is 99.0 cm³/mol. The minimum Gasteiger partial charge on any atom is -0.339 e. The standard InChI is InChI=1S/C20H15N5O2/c26-20(15-7-11-22-12-8-15)23-17-4-2-1-3-16(17)13-18-24-19(25-27-18)14-5-9-21-10-6-14/h1-12H,13H2,(H,23,26). The van der Waals surface area contributed by atoms with Gasteiger partial charge in [-0.05, 0) is 35.9 Å². The van der Waals surface area contributed by atoms with Gasteiger partial charge < -0.3 is 9.84 Å². The Labute approximate surface area is 155 Å². The van der Waals surface area contributed by atoms with Gasteiger partial charge in [-0.1, -0.05) is 23.4 Å². The molecule has 0 radical (unpaired) electrons. The zero-order chi connectivity index (χ0) is 18.5. The lowest BCUT2D eigenvalue weighted by Gasteiger charge is -2.09. The van der Waals surface area contributed by atoms with Crippen molar-refractivity contribution in [3.63, 3.8) is 0 Å². The van der Waals surface area contributed by atoms with Crippen molar-refractivity contribution in [3.05, 3.63) is 90.3 Å². The second kappa shape index (κ2) is 7.57. The highest BCUT2D eigenvalue weighted by molar-refractivity contribution is 6.04. The third-order valence-electron chi connectivity index (χ3n) is 3.96. The summed E-state index contributed by atoms with van der Waals surface area (Å²) in [5, 5.41) is 6.93. The number of aromatic nitrogens is 4. The molecular formula is C20H15N5O2. The smallest absolute Gasteiger partial charge is 0.255 e. The molecule has 0 fully saturated rings. The summed E-state index contributed by atoms with van der Waals surface area (Å²) in [4.78, 5) is 24.7. The van der Waals surface area contributed by atoms with Crippen molar-refractivity contribution in [2.24, 2.45) is 0 Å². The number of para-hydroxylation sites is 1. The number of hydrogen-bond donors (Lipinski definition) is 1. The number of pyridine rings is 2. The van der Waals surface area contributed by atoms with Crippen LogP contribution in [0.1, 0.15) is 21.8 Å². The van der Waals surface area contributed by atoms with Gasteiger partial charge in [0.25, 0.3) is 5.91 Å². The van der Waals surface area contributed by atoms with E-state index in [4.69, 9.17) is 4.52 Å². The van der Waals surface area contributed by atoms with Crippen LogP contribution in [0.2, 0.25) is 0 Å². The number of benzene rings is 1. The number of amides is 1. The molecule has 27 heavy (non-hydrogen) atoms. The summed E-state index contributed by atoms with van der Waals surface area (Å²) in [6.45, 7) is 0. The van der Waals surface area contributed by atoms with Crippen LogP contribution in [-0.4, -0.2) is 26.0 Å². The molecule has 3 aromatic heterocycles. The van der Waals surface area contributed by atoms with E-state index in [1.54, 1.807) is 36.9 Å². The molecule has 132 valence electrons. The average Bonchev–Trinajstić information content (AvgIpc) is 3.19. The van der Waals surface area contributed by atoms with Crippen LogP contribution < -0.4 is 5.32 Å². The molecule has 7 heteroatoms. The Balaban J connectivity index is 1.54. The Morgan fingerprint density at radius 3 is 2.41 bits per heavy atom. The molecule has 3 heterocycles. The molecule has 0 aliphatic rings. The first-order valence-corrected chi connectivity index (χ1v) is 8.32. The maximum absolute atomic E-state index is 12.4. The molecule has 1 aromatic carbocycles. The Bertz CT molecular complexity index is 1050. The van der Waals surface area contributed by atoms with Gasteiger partial charge in [-0.3, -0.25) is 14.8 Å². The summed E-state index contributed by atoms with van der Waals surface area (Å²) in [5.41, 5.74) is 2.95. The second-order valence-corrected chi connectivity index (χ2v) is 5.77. The normalized spacial score (nSPS) is 10.5. The molecule has 1 amide bonds. The van der Waals surface area contributed by atoms with Gasteiger partial charge in [0, 0.05) is 41.6 Å². The van der Waals surface area contributed by atoms with Crippen molar-refractivity contribution in [3.8, 4) is 11.4 Å². The van der Waals surface area contributed by atoms with Crippen molar-refractivity contribution >= 4 is 11.6 Å². The molecule has 0 atom stereocenters. The molecule has 7 nitrogen and oxygen atoms in total. The van der Waals surface area contributed by atoms with Crippen molar-refractivity contribution in [1.82, 2.24) is 20.1 Å². The van der Waals surface area contributed by atoms with E-state index in [2.05, 4.69) is 25.4 Å². The maximum atomic E-state index is 12.4. The largest absolute Gasteiger partial charge is 0.339 e. The topological polar surface area (TPSA) is 93.8 Å². The van der Waals surface area contributed by atoms with Crippen LogP contribution in [-0.2, 0) is 6.42 Å². The van der Waals surface area contributed by atoms with E-state index in [0.717, 1.165) is 11.1 Å². The van der Waals surface area contributed by atoms with Gasteiger partial charge in [0.1, 0.15) is 0 Å². The molecule has 1 N–H and O–H groups in total. The van der Waals surface area contributed by atoms with Gasteiger partial charge in [-0.15, -0.1) is 0 Å². The molecular weight excluding hydrogens is 342 g/mol. The number of nitrogens with zero attached hydrogens (tertiary/aromatic N) is 4. The molecule has 0 spiro atoms. The van der Waals surface area contributed by atoms with Gasteiger partial charge in [0.15, 0.2) is 0 Å². The van der Waals surface area contributed by atoms with E-state index < -0.39 is 0 Å². The molecule has 4 rings (SSSR count). The third kappa shape index (κ3) is 3.87. The van der Waals surface area contributed by atoms with E-state index in [1.807, 2.05) is 36.4 Å². The third-order valence-corrected chi connectivity index (χ3v) is 3.96. The van der Waals surface area contributed by atoms with Crippen LogP contribution in [0.4, 0.5) is 5.69 Å². The van der Waals surface area contributed by atoms with Gasteiger partial charge in [-0.25, -0.2) is 0 Å². The maximum Gasteiger partial charge on any atom is 0.255 e. The fourth-order valence-corrected chi connectivity index (χ4v) is 2.60. The molecule has 0 saturated carbocycles. The van der Waals surface area contributed by atoms with E-state index in [0.29, 0.717) is 29.4 Å². The quantitative estimate of drug-likeness (QED) is 0.588. The number of rotatable bonds is 5. The van der Waals surface area contributed by atoms with E-state index in [-0.39, 0.29) is 5.91 Å². The SMILES string of the molecule is O=C(Nc1ccccc1Cc1nc(-c2ccncc2)no1)c1ccncc1. The summed E-state index contributed by atoms with van der Waals surface area (Å²) < 4.78 is 5.37. The number of carbonyl (C=O) groups excluding carboxylic acids is 1. The van der Waals surface area contributed by atoms with E-state index in [9.17, 15) is 4.79 Å². The Morgan fingerprint density at radius 1 is 0.926 bits per heavy atom. The second-order valence-electron chi connectivity index (χ2n) is 5.77. The number of hydrogen-bond acceptors (Lipinski definition) is 6. The molecule has 0 unspecified atom stereocenters. The van der Waals surface area contributed by atoms with E-state index >= 15 is 0 Å². The summed E-state index contributed by atoms with van der Waals surface area (Å²) in [6.07, 6.45) is 6.93. The summed E-state index contributed by atoms with van der Waals surface area (Å²) in [6, 6.07) is 14.5. The highest BCUT2D eigenvalue weighted by Gasteiger charge is 2.13. The van der Waals surface area contributed by atoms with Crippen LogP contribution in [0.25, 0.3) is 11.4 Å². The van der Waals surface area contributed by atoms with Crippen LogP contribution in [0, 0.1) is 0 Å². The molecule has 4 aromatic rings. The van der Waals surface area contributed by atoms with Gasteiger partial charge >= 0.3 is 0 Å². The Kier molecular flexibility index (Phi) is 4.65. The highest BCUT2D eigenvalue weighted by Crippen LogP contribution is 2.21. The number of anilines is 1. The molecule has 0 aliphatic carbocycles. The first kappa shape index (κ1) is 16.6. The van der Waals surface area contributed by atoms with Crippen LogP contribution >= 0.6 is 0 Å². The van der Waals surface area contributed by atoms with Crippen molar-refractivity contribution in [2.45, 2.75) is 6.42 Å². The first-order chi connectivity index (χ1) is 13.3. The van der Waals surface area contributed by atoms with Crippen molar-refractivity contribution in [2.75, 3.05) is 5.32 Å². The zero-order valence-electron chi connectivity index (χ0n) is 14.2. The predicted octanol–water partition coefficient (Wildman–Crippen LogP) is 3.37. The Morgan fingerprint density at radius 2 is 1.63 bits per heavy atom. The fraction of sp³-hybridized carbons (Fsp3) is 0.0500. The van der Waals surface area contributed by atoms with Crippen LogP contribution in [0.3, 0.4) is 0 Å². The van der Waals surface area contributed by atoms with Gasteiger partial charge in [0.2, 0.25) is 11.7 Å². The minimum absolute atomic E-state index is 0.201. The minimum atomic E-state index is -0.201. The van der Waals surface area contributed by atoms with Gasteiger partial charge in [0.05, 0.1) is 6.42 Å². The average molecular weight is 357 g/mol. The molecule has 0 saturated heterocycles. The summed E-state index contributed by atoms with van der Waals surface area (Å²) >= 11 is 0. The van der Waals surface area contributed by atoms with Crippen LogP contribution in [0.15, 0.2) is 77.8 Å². The number of carbonyl (C=O) groups is 1. The highest BCUT2D eigenvalue weighted by atomic mass is 16.5. The molecule has 0 aliphatic heterocycles. The van der Waals surface area contributed by atoms with E-state index in [1.165, 1.54) is 0 Å². The van der Waals surface area contributed by atoms with Crippen molar-refractivity contribution < 1.29 is 9.32 Å². The van der Waals surface area contributed by atoms with Gasteiger partial charge in [-0.2, -0.15) is 4.98 Å². The van der Waals surface area contributed by atoms with Crippen LogP contribution in [0.5, 0.6) is 0 Å². The number of nitrogens with one attached hydrogen (secondary N) is 1. The van der Waals surface area contributed by atoms with Crippen molar-refractivity contribution in [1.29, 1.82) is 0 Å². The monoisotopic (exact) mass is 357 g/mol. The first-order valence-electron chi connectivity index (χ1n) is 8.32.